The van der Waals surface area contributed by atoms with Crippen LogP contribution in [0.2, 0.25) is 0 Å². The summed E-state index contributed by atoms with van der Waals surface area (Å²) < 4.78 is 39.6. The van der Waals surface area contributed by atoms with Gasteiger partial charge in [0.1, 0.15) is 12.2 Å². The number of carbonyl (C=O) groups excluding carboxylic acids is 4. The molecule has 11 heteroatoms. The lowest BCUT2D eigenvalue weighted by Crippen LogP contribution is -2.50. The lowest BCUT2D eigenvalue weighted by molar-refractivity contribution is -0.174. The van der Waals surface area contributed by atoms with Crippen LogP contribution in [0, 0.1) is 5.92 Å². The zero-order valence-electron chi connectivity index (χ0n) is 18.0. The Bertz CT molecular complexity index is 1120. The standard InChI is InChI=1S/C22H22F3N3O5/c1-12(2)18(19(31)22(23,24)25)27-17(30)11-28-16(14-7-5-4-6-8-14)10-9-15(21(28)33)26-20(32)13(3)29/h4-10,12,18H,11H2,1-3H3,(H,26,32)(H,27,30). The Morgan fingerprint density at radius 3 is 2.12 bits per heavy atom. The van der Waals surface area contributed by atoms with E-state index in [4.69, 9.17) is 0 Å². The molecular formula is C22H22F3N3O5. The van der Waals surface area contributed by atoms with Crippen LogP contribution in [-0.4, -0.2) is 40.2 Å². The second kappa shape index (κ2) is 10.2. The fraction of sp³-hybridized carbons (Fsp3) is 0.318. The molecule has 0 spiro atoms. The van der Waals surface area contributed by atoms with E-state index in [0.29, 0.717) is 5.56 Å². The Morgan fingerprint density at radius 2 is 1.61 bits per heavy atom. The smallest absolute Gasteiger partial charge is 0.344 e. The van der Waals surface area contributed by atoms with Gasteiger partial charge in [-0.05, 0) is 23.6 Å². The van der Waals surface area contributed by atoms with Gasteiger partial charge in [0.15, 0.2) is 0 Å². The highest BCUT2D eigenvalue weighted by Crippen LogP contribution is 2.22. The lowest BCUT2D eigenvalue weighted by Gasteiger charge is -2.23. The average Bonchev–Trinajstić information content (AvgIpc) is 2.74. The Morgan fingerprint density at radius 1 is 1.00 bits per heavy atom. The summed E-state index contributed by atoms with van der Waals surface area (Å²) in [5.41, 5.74) is -0.405. The number of amides is 2. The summed E-state index contributed by atoms with van der Waals surface area (Å²) >= 11 is 0. The van der Waals surface area contributed by atoms with Crippen molar-refractivity contribution < 1.29 is 32.3 Å². The van der Waals surface area contributed by atoms with Gasteiger partial charge in [0, 0.05) is 6.92 Å². The molecule has 0 aliphatic heterocycles. The van der Waals surface area contributed by atoms with Crippen molar-refractivity contribution >= 4 is 29.1 Å². The van der Waals surface area contributed by atoms with Crippen molar-refractivity contribution in [2.24, 2.45) is 5.92 Å². The van der Waals surface area contributed by atoms with Crippen molar-refractivity contribution in [1.29, 1.82) is 0 Å². The number of halogens is 3. The molecule has 0 saturated heterocycles. The second-order valence-corrected chi connectivity index (χ2v) is 7.55. The summed E-state index contributed by atoms with van der Waals surface area (Å²) in [6.45, 7) is 2.95. The largest absolute Gasteiger partial charge is 0.452 e. The number of carbonyl (C=O) groups is 4. The molecule has 1 unspecified atom stereocenters. The van der Waals surface area contributed by atoms with Gasteiger partial charge in [0.25, 0.3) is 17.2 Å². The molecule has 2 rings (SSSR count). The maximum Gasteiger partial charge on any atom is 0.452 e. The summed E-state index contributed by atoms with van der Waals surface area (Å²) in [7, 11) is 0. The van der Waals surface area contributed by atoms with E-state index in [0.717, 1.165) is 11.5 Å². The number of pyridine rings is 1. The van der Waals surface area contributed by atoms with Crippen molar-refractivity contribution in [3.8, 4) is 11.3 Å². The Balaban J connectivity index is 2.46. The van der Waals surface area contributed by atoms with Crippen molar-refractivity contribution in [2.75, 3.05) is 5.32 Å². The third-order valence-electron chi connectivity index (χ3n) is 4.66. The molecule has 0 radical (unpaired) electrons. The van der Waals surface area contributed by atoms with Crippen LogP contribution in [0.25, 0.3) is 11.3 Å². The number of hydrogen-bond donors (Lipinski definition) is 2. The van der Waals surface area contributed by atoms with Gasteiger partial charge < -0.3 is 10.6 Å². The van der Waals surface area contributed by atoms with Gasteiger partial charge in [-0.25, -0.2) is 0 Å². The summed E-state index contributed by atoms with van der Waals surface area (Å²) in [6.07, 6.45) is -5.15. The predicted molar refractivity (Wildman–Crippen MR) is 113 cm³/mol. The van der Waals surface area contributed by atoms with Crippen molar-refractivity contribution in [1.82, 2.24) is 9.88 Å². The summed E-state index contributed by atoms with van der Waals surface area (Å²) in [5, 5.41) is 4.19. The zero-order valence-corrected chi connectivity index (χ0v) is 18.0. The highest BCUT2D eigenvalue weighted by atomic mass is 19.4. The molecular weight excluding hydrogens is 443 g/mol. The summed E-state index contributed by atoms with van der Waals surface area (Å²) in [6, 6.07) is 9.18. The van der Waals surface area contributed by atoms with E-state index < -0.39 is 53.6 Å². The minimum Gasteiger partial charge on any atom is -0.344 e. The van der Waals surface area contributed by atoms with Crippen LogP contribution in [0.1, 0.15) is 20.8 Å². The lowest BCUT2D eigenvalue weighted by atomic mass is 9.99. The molecule has 2 aromatic rings. The molecule has 2 amide bonds. The monoisotopic (exact) mass is 465 g/mol. The maximum atomic E-state index is 13.0. The van der Waals surface area contributed by atoms with Crippen molar-refractivity contribution in [3.05, 3.63) is 52.8 Å². The third-order valence-corrected chi connectivity index (χ3v) is 4.66. The fourth-order valence-electron chi connectivity index (χ4n) is 2.98. The minimum atomic E-state index is -5.15. The van der Waals surface area contributed by atoms with Crippen LogP contribution in [0.5, 0.6) is 0 Å². The Hall–Kier alpha value is -3.76. The number of hydrogen-bond acceptors (Lipinski definition) is 5. The molecule has 176 valence electrons. The molecule has 1 aromatic heterocycles. The van der Waals surface area contributed by atoms with E-state index in [-0.39, 0.29) is 11.4 Å². The number of ketones is 2. The van der Waals surface area contributed by atoms with Crippen LogP contribution in [0.15, 0.2) is 47.3 Å². The van der Waals surface area contributed by atoms with E-state index in [2.05, 4.69) is 5.32 Å². The van der Waals surface area contributed by atoms with Crippen LogP contribution in [0.3, 0.4) is 0 Å². The van der Waals surface area contributed by atoms with Gasteiger partial charge >= 0.3 is 6.18 Å². The first kappa shape index (κ1) is 25.5. The highest BCUT2D eigenvalue weighted by Gasteiger charge is 2.45. The molecule has 8 nitrogen and oxygen atoms in total. The SMILES string of the molecule is CC(=O)C(=O)Nc1ccc(-c2ccccc2)n(CC(=O)NC(C(=O)C(F)(F)F)C(C)C)c1=O. The predicted octanol–water partition coefficient (Wildman–Crippen LogP) is 2.32. The van der Waals surface area contributed by atoms with E-state index >= 15 is 0 Å². The van der Waals surface area contributed by atoms with Gasteiger partial charge in [0.2, 0.25) is 11.7 Å². The number of anilines is 1. The number of benzene rings is 1. The van der Waals surface area contributed by atoms with E-state index in [1.165, 1.54) is 26.0 Å². The number of aromatic nitrogens is 1. The molecule has 0 saturated carbocycles. The van der Waals surface area contributed by atoms with Crippen molar-refractivity contribution in [3.63, 3.8) is 0 Å². The van der Waals surface area contributed by atoms with E-state index in [9.17, 15) is 37.1 Å². The van der Waals surface area contributed by atoms with Crippen molar-refractivity contribution in [2.45, 2.75) is 39.5 Å². The average molecular weight is 465 g/mol. The second-order valence-electron chi connectivity index (χ2n) is 7.55. The van der Waals surface area contributed by atoms with Gasteiger partial charge in [-0.1, -0.05) is 44.2 Å². The zero-order chi connectivity index (χ0) is 24.9. The highest BCUT2D eigenvalue weighted by molar-refractivity contribution is 6.39. The first-order valence-corrected chi connectivity index (χ1v) is 9.84. The van der Waals surface area contributed by atoms with E-state index in [1.54, 1.807) is 30.3 Å². The summed E-state index contributed by atoms with van der Waals surface area (Å²) in [5.74, 6) is -5.89. The molecule has 1 aromatic carbocycles. The Labute approximate surface area is 186 Å². The number of nitrogens with one attached hydrogen (secondary N) is 2. The van der Waals surface area contributed by atoms with Crippen LogP contribution in [0.4, 0.5) is 18.9 Å². The molecule has 0 aliphatic carbocycles. The van der Waals surface area contributed by atoms with Crippen LogP contribution >= 0.6 is 0 Å². The minimum absolute atomic E-state index is 0.236. The normalized spacial score (nSPS) is 12.2. The molecule has 2 N–H and O–H groups in total. The topological polar surface area (TPSA) is 114 Å². The first-order chi connectivity index (χ1) is 15.3. The maximum absolute atomic E-state index is 13.0. The van der Waals surface area contributed by atoms with E-state index in [1.807, 2.05) is 5.32 Å². The molecule has 1 heterocycles. The molecule has 0 fully saturated rings. The quantitative estimate of drug-likeness (QED) is 0.581. The first-order valence-electron chi connectivity index (χ1n) is 9.84. The molecule has 1 atom stereocenters. The van der Waals surface area contributed by atoms with Gasteiger partial charge in [-0.2, -0.15) is 13.2 Å². The molecule has 0 bridgehead atoms. The summed E-state index contributed by atoms with van der Waals surface area (Å²) in [4.78, 5) is 60.2. The molecule has 0 aliphatic rings. The van der Waals surface area contributed by atoms with Crippen LogP contribution < -0.4 is 16.2 Å². The fourth-order valence-corrected chi connectivity index (χ4v) is 2.98. The molecule has 33 heavy (non-hydrogen) atoms. The van der Waals surface area contributed by atoms with Crippen LogP contribution in [-0.2, 0) is 25.7 Å². The number of rotatable bonds is 8. The van der Waals surface area contributed by atoms with Gasteiger partial charge in [-0.3, -0.25) is 28.5 Å². The number of Topliss-reactive ketones (excluding diaryl/α,β-unsaturated/α-hetero) is 2. The number of alkyl halides is 3. The Kier molecular flexibility index (Phi) is 7.91. The third kappa shape index (κ3) is 6.37. The number of nitrogens with zero attached hydrogens (tertiary/aromatic N) is 1. The van der Waals surface area contributed by atoms with Gasteiger partial charge in [-0.15, -0.1) is 0 Å². The van der Waals surface area contributed by atoms with Gasteiger partial charge in [0.05, 0.1) is 11.7 Å².